The van der Waals surface area contributed by atoms with Gasteiger partial charge in [0.25, 0.3) is 5.22 Å². The Bertz CT molecular complexity index is 542. The minimum atomic E-state index is -4.27. The zero-order chi connectivity index (χ0) is 14.6. The highest BCUT2D eigenvalue weighted by Crippen LogP contribution is 2.34. The minimum Gasteiger partial charge on any atom is -0.416 e. The maximum atomic E-state index is 12.4. The van der Waals surface area contributed by atoms with Crippen molar-refractivity contribution < 1.29 is 17.6 Å². The maximum absolute atomic E-state index is 12.4. The van der Waals surface area contributed by atoms with Gasteiger partial charge >= 0.3 is 6.18 Å². The number of rotatable bonds is 5. The van der Waals surface area contributed by atoms with Gasteiger partial charge in [0.1, 0.15) is 5.25 Å². The smallest absolute Gasteiger partial charge is 0.400 e. The third-order valence-corrected chi connectivity index (χ3v) is 3.64. The van der Waals surface area contributed by atoms with E-state index in [4.69, 9.17) is 4.42 Å². The lowest BCUT2D eigenvalue weighted by atomic mass is 10.1. The van der Waals surface area contributed by atoms with Gasteiger partial charge in [-0.15, -0.1) is 10.2 Å². The van der Waals surface area contributed by atoms with Gasteiger partial charge in [0.05, 0.1) is 0 Å². The number of aromatic nitrogens is 2. The first-order chi connectivity index (χ1) is 9.45. The largest absolute Gasteiger partial charge is 0.416 e. The van der Waals surface area contributed by atoms with E-state index in [0.29, 0.717) is 30.5 Å². The number of thioether (sulfide) groups is 1. The lowest BCUT2D eigenvalue weighted by Crippen LogP contribution is -2.21. The molecule has 2 aromatic rings. The second kappa shape index (κ2) is 6.30. The van der Waals surface area contributed by atoms with Crippen molar-refractivity contribution in [1.82, 2.24) is 10.2 Å². The monoisotopic (exact) mass is 302 g/mol. The Hall–Kier alpha value is -1.50. The molecule has 1 aromatic heterocycles. The second-order valence-electron chi connectivity index (χ2n) is 4.25. The Morgan fingerprint density at radius 3 is 2.50 bits per heavy atom. The summed E-state index contributed by atoms with van der Waals surface area (Å²) in [6.45, 7) is 1.07. The molecule has 0 radical (unpaired) electrons. The summed E-state index contributed by atoms with van der Waals surface area (Å²) in [6, 6.07) is 9.71. The van der Waals surface area contributed by atoms with Crippen LogP contribution in [0.1, 0.15) is 18.4 Å². The average molecular weight is 302 g/mol. The molecule has 1 unspecified atom stereocenters. The molecule has 0 amide bonds. The molecule has 3 nitrogen and oxygen atoms in total. The van der Waals surface area contributed by atoms with E-state index in [9.17, 15) is 13.2 Å². The molecule has 1 heterocycles. The highest BCUT2D eigenvalue weighted by Gasteiger charge is 2.37. The summed E-state index contributed by atoms with van der Waals surface area (Å²) in [7, 11) is 0. The van der Waals surface area contributed by atoms with Crippen LogP contribution < -0.4 is 0 Å². The molecule has 0 aliphatic rings. The lowest BCUT2D eigenvalue weighted by Gasteiger charge is -2.11. The van der Waals surface area contributed by atoms with Gasteiger partial charge in [-0.2, -0.15) is 13.2 Å². The molecule has 2 rings (SSSR count). The van der Waals surface area contributed by atoms with Crippen molar-refractivity contribution in [2.24, 2.45) is 0 Å². The Balaban J connectivity index is 1.89. The molecular weight excluding hydrogens is 289 g/mol. The third kappa shape index (κ3) is 4.26. The van der Waals surface area contributed by atoms with Gasteiger partial charge in [0.2, 0.25) is 5.89 Å². The van der Waals surface area contributed by atoms with Gasteiger partial charge in [-0.3, -0.25) is 0 Å². The zero-order valence-corrected chi connectivity index (χ0v) is 11.5. The summed E-state index contributed by atoms with van der Waals surface area (Å²) in [6.07, 6.45) is -3.05. The SMILES string of the molecule is CC(Sc1nnc(CCc2ccccc2)o1)C(F)(F)F. The first-order valence-corrected chi connectivity index (χ1v) is 6.93. The minimum absolute atomic E-state index is 0.0436. The molecule has 1 atom stereocenters. The van der Waals surface area contributed by atoms with Crippen molar-refractivity contribution in [3.8, 4) is 0 Å². The van der Waals surface area contributed by atoms with Crippen LogP contribution in [0.2, 0.25) is 0 Å². The summed E-state index contributed by atoms with van der Waals surface area (Å²) in [5.74, 6) is 0.353. The van der Waals surface area contributed by atoms with E-state index in [2.05, 4.69) is 10.2 Å². The second-order valence-corrected chi connectivity index (χ2v) is 5.54. The molecule has 0 saturated heterocycles. The fourth-order valence-corrected chi connectivity index (χ4v) is 2.17. The first kappa shape index (κ1) is 14.9. The lowest BCUT2D eigenvalue weighted by molar-refractivity contribution is -0.125. The molecule has 0 bridgehead atoms. The van der Waals surface area contributed by atoms with Crippen LogP contribution in [0.15, 0.2) is 40.0 Å². The van der Waals surface area contributed by atoms with E-state index < -0.39 is 11.4 Å². The Morgan fingerprint density at radius 1 is 1.15 bits per heavy atom. The predicted octanol–water partition coefficient (Wildman–Crippen LogP) is 3.90. The molecule has 1 aromatic carbocycles. The van der Waals surface area contributed by atoms with E-state index in [-0.39, 0.29) is 5.22 Å². The molecule has 0 saturated carbocycles. The van der Waals surface area contributed by atoms with Gasteiger partial charge < -0.3 is 4.42 Å². The fraction of sp³-hybridized carbons (Fsp3) is 0.385. The summed E-state index contributed by atoms with van der Waals surface area (Å²) in [4.78, 5) is 0. The van der Waals surface area contributed by atoms with Gasteiger partial charge in [-0.25, -0.2) is 0 Å². The Labute approximate surface area is 118 Å². The average Bonchev–Trinajstić information content (AvgIpc) is 2.84. The van der Waals surface area contributed by atoms with E-state index >= 15 is 0 Å². The van der Waals surface area contributed by atoms with Crippen LogP contribution in [0, 0.1) is 0 Å². The molecular formula is C13H13F3N2OS. The number of hydrogen-bond acceptors (Lipinski definition) is 4. The van der Waals surface area contributed by atoms with Crippen LogP contribution in [-0.2, 0) is 12.8 Å². The van der Waals surface area contributed by atoms with Crippen LogP contribution in [0.25, 0.3) is 0 Å². The quantitative estimate of drug-likeness (QED) is 0.785. The number of alkyl halides is 3. The third-order valence-electron chi connectivity index (χ3n) is 2.66. The number of aryl methyl sites for hydroxylation is 2. The van der Waals surface area contributed by atoms with E-state index in [1.165, 1.54) is 0 Å². The molecule has 0 fully saturated rings. The van der Waals surface area contributed by atoms with Crippen molar-refractivity contribution >= 4 is 11.8 Å². The highest BCUT2D eigenvalue weighted by atomic mass is 32.2. The molecule has 7 heteroatoms. The van der Waals surface area contributed by atoms with Crippen LogP contribution in [0.4, 0.5) is 13.2 Å². The molecule has 0 spiro atoms. The molecule has 0 N–H and O–H groups in total. The predicted molar refractivity (Wildman–Crippen MR) is 69.5 cm³/mol. The molecule has 0 aliphatic heterocycles. The summed E-state index contributed by atoms with van der Waals surface area (Å²) >= 11 is 0.528. The molecule has 20 heavy (non-hydrogen) atoms. The van der Waals surface area contributed by atoms with Gasteiger partial charge in [0.15, 0.2) is 0 Å². The molecule has 108 valence electrons. The molecule has 0 aliphatic carbocycles. The number of halogens is 3. The number of benzene rings is 1. The number of nitrogens with zero attached hydrogens (tertiary/aromatic N) is 2. The topological polar surface area (TPSA) is 38.9 Å². The van der Waals surface area contributed by atoms with Crippen molar-refractivity contribution in [2.45, 2.75) is 36.4 Å². The van der Waals surface area contributed by atoms with Crippen LogP contribution in [0.3, 0.4) is 0 Å². The van der Waals surface area contributed by atoms with E-state index in [1.54, 1.807) is 0 Å². The van der Waals surface area contributed by atoms with Crippen molar-refractivity contribution in [1.29, 1.82) is 0 Å². The van der Waals surface area contributed by atoms with Gasteiger partial charge in [0, 0.05) is 6.42 Å². The van der Waals surface area contributed by atoms with Gasteiger partial charge in [-0.1, -0.05) is 42.1 Å². The van der Waals surface area contributed by atoms with Crippen molar-refractivity contribution in [2.75, 3.05) is 0 Å². The fourth-order valence-electron chi connectivity index (χ4n) is 1.50. The number of hydrogen-bond donors (Lipinski definition) is 0. The first-order valence-electron chi connectivity index (χ1n) is 6.05. The van der Waals surface area contributed by atoms with Crippen molar-refractivity contribution in [3.63, 3.8) is 0 Å². The Morgan fingerprint density at radius 2 is 1.85 bits per heavy atom. The van der Waals surface area contributed by atoms with E-state index in [0.717, 1.165) is 12.5 Å². The van der Waals surface area contributed by atoms with Crippen LogP contribution in [-0.4, -0.2) is 21.6 Å². The normalized spacial score (nSPS) is 13.4. The maximum Gasteiger partial charge on any atom is 0.400 e. The highest BCUT2D eigenvalue weighted by molar-refractivity contribution is 7.99. The van der Waals surface area contributed by atoms with Crippen LogP contribution >= 0.6 is 11.8 Å². The van der Waals surface area contributed by atoms with Gasteiger partial charge in [-0.05, 0) is 18.9 Å². The Kier molecular flexibility index (Phi) is 4.69. The summed E-state index contributed by atoms with van der Waals surface area (Å²) in [5, 5.41) is 5.78. The summed E-state index contributed by atoms with van der Waals surface area (Å²) < 4.78 is 42.4. The summed E-state index contributed by atoms with van der Waals surface area (Å²) in [5.41, 5.74) is 1.11. The van der Waals surface area contributed by atoms with E-state index in [1.807, 2.05) is 30.3 Å². The zero-order valence-electron chi connectivity index (χ0n) is 10.7. The van der Waals surface area contributed by atoms with Crippen molar-refractivity contribution in [3.05, 3.63) is 41.8 Å². The van der Waals surface area contributed by atoms with Crippen LogP contribution in [0.5, 0.6) is 0 Å². The standard InChI is InChI=1S/C13H13F3N2OS/c1-9(13(14,15)16)20-12-18-17-11(19-12)8-7-10-5-3-2-4-6-10/h2-6,9H,7-8H2,1H3.